The van der Waals surface area contributed by atoms with Crippen molar-refractivity contribution in [2.45, 2.75) is 82.5 Å². The molecule has 2 saturated carbocycles. The first kappa shape index (κ1) is 43.6. The minimum absolute atomic E-state index is 0.000636. The Balaban J connectivity index is 0.000000146. The highest BCUT2D eigenvalue weighted by Crippen LogP contribution is 2.49. The number of aromatic amines is 1. The molecule has 8 aromatic rings. The monoisotopic (exact) mass is 1090 g/mol. The zero-order valence-electron chi connectivity index (χ0n) is 34.8. The van der Waals surface area contributed by atoms with Crippen LogP contribution in [0.15, 0.2) is 115 Å². The van der Waals surface area contributed by atoms with Crippen LogP contribution in [-0.2, 0) is 23.9 Å². The molecule has 4 aromatic heterocycles. The summed E-state index contributed by atoms with van der Waals surface area (Å²) in [5.41, 5.74) is 11.7. The standard InChI is InChI=1S/2C23H19BrClN5O2S/c24-15-8-16-17(32-12-31-16)9-18(15)33-22-28-19-20(26)27-11-30(21(19)29-22)10-23(6-1-7-23)13-2-4-14(25)5-3-13;24-15-8-16-17(32-12-31-16)9-18(15)33-22-29-19-20(26)27-11-28-21(19)30(22)10-23(6-1-7-23)13-2-4-14(25)5-3-13/h2-5,8-9,11,26H,1,6-7,10,12H2,(H,28,29);2-5,8-9,11H,1,6-7,10,12H2,(H2,26,27,28). The second-order valence-electron chi connectivity index (χ2n) is 16.6. The first-order valence-corrected chi connectivity index (χ1v) is 25.0. The molecule has 0 unspecified atom stereocenters. The number of ether oxygens (including phenoxy) is 4. The van der Waals surface area contributed by atoms with Gasteiger partial charge in [-0.2, -0.15) is 0 Å². The predicted molar refractivity (Wildman–Crippen MR) is 260 cm³/mol. The van der Waals surface area contributed by atoms with Crippen LogP contribution in [0.5, 0.6) is 23.0 Å². The van der Waals surface area contributed by atoms with Gasteiger partial charge in [0, 0.05) is 52.7 Å². The lowest BCUT2D eigenvalue weighted by molar-refractivity contribution is 0.173. The van der Waals surface area contributed by atoms with Gasteiger partial charge in [-0.05, 0) is 117 Å². The molecular weight excluding hydrogens is 1050 g/mol. The lowest BCUT2D eigenvalue weighted by Gasteiger charge is -2.43. The molecule has 20 heteroatoms. The molecule has 14 nitrogen and oxygen atoms in total. The summed E-state index contributed by atoms with van der Waals surface area (Å²) in [4.78, 5) is 27.9. The van der Waals surface area contributed by atoms with E-state index in [0.29, 0.717) is 27.8 Å². The van der Waals surface area contributed by atoms with Crippen molar-refractivity contribution in [2.75, 3.05) is 19.3 Å². The van der Waals surface area contributed by atoms with E-state index in [-0.39, 0.29) is 29.9 Å². The molecule has 0 amide bonds. The van der Waals surface area contributed by atoms with Crippen LogP contribution < -0.4 is 30.2 Å². The topological polar surface area (TPSA) is 177 Å². The minimum Gasteiger partial charge on any atom is -0.454 e. The van der Waals surface area contributed by atoms with E-state index in [4.69, 9.17) is 63.3 Å². The Morgan fingerprint density at radius 1 is 0.697 bits per heavy atom. The molecule has 4 N–H and O–H groups in total. The van der Waals surface area contributed by atoms with Gasteiger partial charge in [0.05, 0.1) is 6.33 Å². The first-order chi connectivity index (χ1) is 32.0. The SMILES string of the molecule is N=c1ncn(CC2(c3ccc(Cl)cc3)CCC2)c2nc(Sc3cc4c(cc3Br)OCO4)[nH]c12.Nc1ncnc2c1nc(Sc1cc3c(cc1Br)OCO3)n2CC1(c2ccc(Cl)cc2)CCC1. The molecule has 2 aliphatic heterocycles. The molecule has 6 heterocycles. The average Bonchev–Trinajstić information content (AvgIpc) is 4.10. The van der Waals surface area contributed by atoms with Gasteiger partial charge in [0.25, 0.3) is 0 Å². The molecule has 2 aliphatic carbocycles. The third-order valence-electron chi connectivity index (χ3n) is 12.8. The Kier molecular flexibility index (Phi) is 11.6. The normalized spacial score (nSPS) is 16.2. The predicted octanol–water partition coefficient (Wildman–Crippen LogP) is 11.5. The molecule has 12 rings (SSSR count). The molecule has 336 valence electrons. The number of aromatic nitrogens is 8. The quantitative estimate of drug-likeness (QED) is 0.118. The van der Waals surface area contributed by atoms with Crippen molar-refractivity contribution in [3.63, 3.8) is 0 Å². The highest BCUT2D eigenvalue weighted by Gasteiger charge is 2.41. The van der Waals surface area contributed by atoms with Crippen LogP contribution in [0.1, 0.15) is 49.7 Å². The van der Waals surface area contributed by atoms with Crippen molar-refractivity contribution in [1.29, 1.82) is 5.41 Å². The summed E-state index contributed by atoms with van der Waals surface area (Å²) in [5.74, 6) is 3.26. The number of nitrogens with one attached hydrogen (secondary N) is 2. The van der Waals surface area contributed by atoms with E-state index in [1.165, 1.54) is 53.8 Å². The highest BCUT2D eigenvalue weighted by molar-refractivity contribution is 9.10. The number of nitrogens with zero attached hydrogens (tertiary/aromatic N) is 7. The van der Waals surface area contributed by atoms with Gasteiger partial charge in [0.15, 0.2) is 61.4 Å². The number of hydrogen-bond acceptors (Lipinski definition) is 13. The fourth-order valence-electron chi connectivity index (χ4n) is 8.96. The van der Waals surface area contributed by atoms with E-state index in [0.717, 1.165) is 101 Å². The Labute approximate surface area is 413 Å². The van der Waals surface area contributed by atoms with Crippen LogP contribution in [-0.4, -0.2) is 52.6 Å². The smallest absolute Gasteiger partial charge is 0.231 e. The Morgan fingerprint density at radius 2 is 1.24 bits per heavy atom. The van der Waals surface area contributed by atoms with Gasteiger partial charge in [0.2, 0.25) is 13.6 Å². The largest absolute Gasteiger partial charge is 0.454 e. The van der Waals surface area contributed by atoms with Gasteiger partial charge in [-0.15, -0.1) is 0 Å². The molecular formula is C46H38Br2Cl2N10O4S2. The van der Waals surface area contributed by atoms with Gasteiger partial charge >= 0.3 is 0 Å². The highest BCUT2D eigenvalue weighted by atomic mass is 79.9. The van der Waals surface area contributed by atoms with Gasteiger partial charge < -0.3 is 38.8 Å². The average molecular weight is 1090 g/mol. The van der Waals surface area contributed by atoms with E-state index in [2.05, 4.69) is 85.2 Å². The van der Waals surface area contributed by atoms with Crippen LogP contribution in [0.25, 0.3) is 22.3 Å². The number of imidazole rings is 2. The molecule has 0 saturated heterocycles. The second kappa shape index (κ2) is 17.6. The number of H-pyrrole nitrogens is 1. The van der Waals surface area contributed by atoms with Crippen molar-refractivity contribution in [1.82, 2.24) is 39.0 Å². The van der Waals surface area contributed by atoms with Crippen LogP contribution in [0.3, 0.4) is 0 Å². The summed E-state index contributed by atoms with van der Waals surface area (Å²) in [6.07, 6.45) is 9.98. The van der Waals surface area contributed by atoms with Crippen LogP contribution in [0.2, 0.25) is 10.0 Å². The second-order valence-corrected chi connectivity index (χ2v) is 21.3. The summed E-state index contributed by atoms with van der Waals surface area (Å²) >= 11 is 22.6. The van der Waals surface area contributed by atoms with Crippen molar-refractivity contribution < 1.29 is 18.9 Å². The molecule has 66 heavy (non-hydrogen) atoms. The fourth-order valence-corrected chi connectivity index (χ4v) is 12.1. The zero-order valence-corrected chi connectivity index (χ0v) is 41.1. The summed E-state index contributed by atoms with van der Waals surface area (Å²) in [6, 6.07) is 24.1. The fraction of sp³-hybridized carbons (Fsp3) is 0.261. The number of anilines is 1. The summed E-state index contributed by atoms with van der Waals surface area (Å²) in [7, 11) is 0. The summed E-state index contributed by atoms with van der Waals surface area (Å²) in [5, 5.41) is 11.3. The maximum atomic E-state index is 8.31. The van der Waals surface area contributed by atoms with Crippen molar-refractivity contribution in [3.8, 4) is 23.0 Å². The minimum atomic E-state index is -0.000636. The number of benzene rings is 4. The van der Waals surface area contributed by atoms with E-state index in [1.807, 2.05) is 48.5 Å². The lowest BCUT2D eigenvalue weighted by Crippen LogP contribution is -2.39. The number of halogens is 4. The van der Waals surface area contributed by atoms with Crippen molar-refractivity contribution in [2.24, 2.45) is 0 Å². The number of hydrogen-bond donors (Lipinski definition) is 3. The molecule has 2 fully saturated rings. The number of nitrogens with two attached hydrogens (primary N) is 1. The Bertz CT molecular complexity index is 3240. The lowest BCUT2D eigenvalue weighted by atomic mass is 9.64. The summed E-state index contributed by atoms with van der Waals surface area (Å²) < 4.78 is 28.1. The van der Waals surface area contributed by atoms with E-state index in [1.54, 1.807) is 6.33 Å². The molecule has 4 aliphatic rings. The molecule has 0 spiro atoms. The summed E-state index contributed by atoms with van der Waals surface area (Å²) in [6.45, 7) is 1.95. The molecule has 0 atom stereocenters. The van der Waals surface area contributed by atoms with Gasteiger partial charge in [-0.3, -0.25) is 5.41 Å². The third kappa shape index (κ3) is 8.16. The number of fused-ring (bicyclic) bond motifs is 4. The van der Waals surface area contributed by atoms with E-state index >= 15 is 0 Å². The van der Waals surface area contributed by atoms with Crippen molar-refractivity contribution >= 4 is 107 Å². The van der Waals surface area contributed by atoms with Gasteiger partial charge in [0.1, 0.15) is 11.8 Å². The zero-order chi connectivity index (χ0) is 45.2. The maximum Gasteiger partial charge on any atom is 0.231 e. The van der Waals surface area contributed by atoms with Crippen LogP contribution in [0, 0.1) is 5.41 Å². The number of nitrogen functional groups attached to an aromatic ring is 1. The molecule has 0 bridgehead atoms. The maximum absolute atomic E-state index is 8.31. The van der Waals surface area contributed by atoms with Gasteiger partial charge in [-0.1, -0.05) is 83.8 Å². The first-order valence-electron chi connectivity index (χ1n) is 21.1. The Hall–Kier alpha value is -4.98. The van der Waals surface area contributed by atoms with Gasteiger partial charge in [-0.25, -0.2) is 24.9 Å². The van der Waals surface area contributed by atoms with Crippen molar-refractivity contribution in [3.05, 3.63) is 121 Å². The molecule has 4 aromatic carbocycles. The number of rotatable bonds is 10. The van der Waals surface area contributed by atoms with E-state index in [9.17, 15) is 0 Å². The third-order valence-corrected chi connectivity index (χ3v) is 17.1. The van der Waals surface area contributed by atoms with Crippen LogP contribution >= 0.6 is 78.6 Å². The molecule has 0 radical (unpaired) electrons. The Morgan fingerprint density at radius 3 is 1.80 bits per heavy atom. The van der Waals surface area contributed by atoms with E-state index < -0.39 is 0 Å². The van der Waals surface area contributed by atoms with Crippen LogP contribution in [0.4, 0.5) is 5.82 Å².